The molecule has 110 valence electrons. The van der Waals surface area contributed by atoms with E-state index in [1.807, 2.05) is 0 Å². The number of aryl methyl sites for hydroxylation is 1. The van der Waals surface area contributed by atoms with Crippen molar-refractivity contribution in [1.29, 1.82) is 0 Å². The summed E-state index contributed by atoms with van der Waals surface area (Å²) in [5, 5.41) is 6.75. The summed E-state index contributed by atoms with van der Waals surface area (Å²) in [7, 11) is 0. The Kier molecular flexibility index (Phi) is 4.59. The molecule has 7 heteroatoms. The average molecular weight is 309 g/mol. The highest BCUT2D eigenvalue weighted by Gasteiger charge is 2.21. The van der Waals surface area contributed by atoms with E-state index in [1.165, 1.54) is 13.0 Å². The predicted octanol–water partition coefficient (Wildman–Crippen LogP) is 2.82. The zero-order chi connectivity index (χ0) is 15.4. The number of amides is 1. The van der Waals surface area contributed by atoms with E-state index >= 15 is 0 Å². The first-order valence-corrected chi connectivity index (χ1v) is 6.54. The van der Waals surface area contributed by atoms with E-state index in [2.05, 4.69) is 10.5 Å². The summed E-state index contributed by atoms with van der Waals surface area (Å²) in [4.78, 5) is 23.6. The zero-order valence-electron chi connectivity index (χ0n) is 11.4. The van der Waals surface area contributed by atoms with E-state index in [0.29, 0.717) is 16.4 Å². The lowest BCUT2D eigenvalue weighted by Gasteiger charge is -2.12. The van der Waals surface area contributed by atoms with Crippen LogP contribution in [0, 0.1) is 6.92 Å². The fourth-order valence-corrected chi connectivity index (χ4v) is 1.64. The molecule has 1 atom stereocenters. The summed E-state index contributed by atoms with van der Waals surface area (Å²) in [6.45, 7) is 3.14. The van der Waals surface area contributed by atoms with Crippen molar-refractivity contribution >= 4 is 29.2 Å². The van der Waals surface area contributed by atoms with Crippen molar-refractivity contribution < 1.29 is 18.8 Å². The van der Waals surface area contributed by atoms with Crippen LogP contribution >= 0.6 is 11.6 Å². The van der Waals surface area contributed by atoms with Gasteiger partial charge in [-0.1, -0.05) is 16.8 Å². The first-order chi connectivity index (χ1) is 9.95. The van der Waals surface area contributed by atoms with Crippen molar-refractivity contribution in [3.63, 3.8) is 0 Å². The van der Waals surface area contributed by atoms with Gasteiger partial charge in [0.25, 0.3) is 5.91 Å². The minimum atomic E-state index is -0.974. The number of nitrogens with zero attached hydrogens (tertiary/aromatic N) is 1. The number of nitrogens with one attached hydrogen (secondary N) is 1. The van der Waals surface area contributed by atoms with Crippen molar-refractivity contribution in [2.75, 3.05) is 5.32 Å². The van der Waals surface area contributed by atoms with E-state index in [1.54, 1.807) is 31.2 Å². The summed E-state index contributed by atoms with van der Waals surface area (Å²) in [5.41, 5.74) is 1.11. The number of esters is 1. The van der Waals surface area contributed by atoms with Crippen LogP contribution in [0.3, 0.4) is 0 Å². The minimum Gasteiger partial charge on any atom is -0.447 e. The second kappa shape index (κ2) is 6.41. The molecule has 1 N–H and O–H groups in total. The number of benzene rings is 1. The maximum absolute atomic E-state index is 11.9. The highest BCUT2D eigenvalue weighted by atomic mass is 35.5. The van der Waals surface area contributed by atoms with Crippen molar-refractivity contribution in [3.05, 3.63) is 46.8 Å². The van der Waals surface area contributed by atoms with Crippen LogP contribution in [0.1, 0.15) is 23.2 Å². The van der Waals surface area contributed by atoms with E-state index < -0.39 is 18.0 Å². The molecule has 0 bridgehead atoms. The van der Waals surface area contributed by atoms with Gasteiger partial charge in [-0.3, -0.25) is 4.79 Å². The van der Waals surface area contributed by atoms with E-state index in [0.717, 1.165) is 0 Å². The van der Waals surface area contributed by atoms with Gasteiger partial charge in [0.05, 0.1) is 5.69 Å². The molecule has 0 unspecified atom stereocenters. The summed E-state index contributed by atoms with van der Waals surface area (Å²) in [5.74, 6) is -1.24. The molecular formula is C14H13ClN2O4. The van der Waals surface area contributed by atoms with E-state index in [9.17, 15) is 9.59 Å². The van der Waals surface area contributed by atoms with Gasteiger partial charge in [-0.25, -0.2) is 4.79 Å². The fourth-order valence-electron chi connectivity index (χ4n) is 1.51. The molecule has 0 saturated carbocycles. The Balaban J connectivity index is 1.93. The molecule has 1 aromatic heterocycles. The van der Waals surface area contributed by atoms with Crippen LogP contribution in [0.15, 0.2) is 34.9 Å². The third kappa shape index (κ3) is 4.06. The molecule has 1 amide bonds. The Morgan fingerprint density at radius 3 is 2.57 bits per heavy atom. The number of carbonyl (C=O) groups is 2. The quantitative estimate of drug-likeness (QED) is 0.878. The normalized spacial score (nSPS) is 11.8. The monoisotopic (exact) mass is 308 g/mol. The molecule has 0 saturated heterocycles. The van der Waals surface area contributed by atoms with E-state index in [-0.39, 0.29) is 5.76 Å². The molecule has 0 radical (unpaired) electrons. The lowest BCUT2D eigenvalue weighted by atomic mass is 10.3. The number of anilines is 1. The number of aromatic nitrogens is 1. The summed E-state index contributed by atoms with van der Waals surface area (Å²) < 4.78 is 9.76. The topological polar surface area (TPSA) is 81.4 Å². The average Bonchev–Trinajstić information content (AvgIpc) is 2.88. The van der Waals surface area contributed by atoms with Crippen LogP contribution < -0.4 is 5.32 Å². The van der Waals surface area contributed by atoms with Crippen molar-refractivity contribution in [2.45, 2.75) is 20.0 Å². The van der Waals surface area contributed by atoms with Crippen LogP contribution in [0.2, 0.25) is 5.02 Å². The Labute approximate surface area is 126 Å². The molecule has 0 fully saturated rings. The van der Waals surface area contributed by atoms with Crippen LogP contribution in [-0.4, -0.2) is 23.1 Å². The Morgan fingerprint density at radius 2 is 2.00 bits per heavy atom. The highest BCUT2D eigenvalue weighted by Crippen LogP contribution is 2.14. The number of hydrogen-bond donors (Lipinski definition) is 1. The van der Waals surface area contributed by atoms with Gasteiger partial charge in [-0.2, -0.15) is 0 Å². The van der Waals surface area contributed by atoms with Gasteiger partial charge in [0.15, 0.2) is 6.10 Å². The van der Waals surface area contributed by atoms with Gasteiger partial charge in [0.2, 0.25) is 5.76 Å². The maximum atomic E-state index is 11.9. The van der Waals surface area contributed by atoms with Crippen LogP contribution in [0.5, 0.6) is 0 Å². The van der Waals surface area contributed by atoms with Gasteiger partial charge >= 0.3 is 5.97 Å². The van der Waals surface area contributed by atoms with Crippen LogP contribution in [0.4, 0.5) is 5.69 Å². The zero-order valence-corrected chi connectivity index (χ0v) is 12.2. The molecule has 0 aliphatic carbocycles. The molecule has 1 heterocycles. The number of carbonyl (C=O) groups excluding carboxylic acids is 2. The molecule has 21 heavy (non-hydrogen) atoms. The van der Waals surface area contributed by atoms with Gasteiger partial charge < -0.3 is 14.6 Å². The first-order valence-electron chi connectivity index (χ1n) is 6.16. The minimum absolute atomic E-state index is 0.0429. The number of ether oxygens (including phenoxy) is 1. The summed E-state index contributed by atoms with van der Waals surface area (Å²) >= 11 is 5.75. The van der Waals surface area contributed by atoms with Crippen LogP contribution in [0.25, 0.3) is 0 Å². The van der Waals surface area contributed by atoms with Gasteiger partial charge in [0, 0.05) is 16.8 Å². The maximum Gasteiger partial charge on any atom is 0.377 e. The second-order valence-electron chi connectivity index (χ2n) is 4.38. The molecule has 0 aliphatic heterocycles. The first kappa shape index (κ1) is 15.1. The van der Waals surface area contributed by atoms with Crippen molar-refractivity contribution in [1.82, 2.24) is 5.16 Å². The number of halogens is 1. The van der Waals surface area contributed by atoms with E-state index in [4.69, 9.17) is 20.9 Å². The molecular weight excluding hydrogens is 296 g/mol. The van der Waals surface area contributed by atoms with Gasteiger partial charge in [-0.15, -0.1) is 0 Å². The lowest BCUT2D eigenvalue weighted by molar-refractivity contribution is -0.123. The molecule has 6 nitrogen and oxygen atoms in total. The highest BCUT2D eigenvalue weighted by molar-refractivity contribution is 6.30. The summed E-state index contributed by atoms with van der Waals surface area (Å²) in [6, 6.07) is 8.02. The molecule has 0 spiro atoms. The third-order valence-corrected chi connectivity index (χ3v) is 2.85. The molecule has 2 rings (SSSR count). The smallest absolute Gasteiger partial charge is 0.377 e. The lowest BCUT2D eigenvalue weighted by Crippen LogP contribution is -2.29. The SMILES string of the molecule is Cc1cc(C(=O)O[C@@H](C)C(=O)Nc2ccc(Cl)cc2)on1. The van der Waals surface area contributed by atoms with Gasteiger partial charge in [-0.05, 0) is 38.1 Å². The largest absolute Gasteiger partial charge is 0.447 e. The molecule has 0 aliphatic rings. The third-order valence-electron chi connectivity index (χ3n) is 2.59. The molecule has 1 aromatic carbocycles. The summed E-state index contributed by atoms with van der Waals surface area (Å²) in [6.07, 6.45) is -0.974. The van der Waals surface area contributed by atoms with Gasteiger partial charge in [0.1, 0.15) is 0 Å². The Bertz CT molecular complexity index is 651. The number of rotatable bonds is 4. The predicted molar refractivity (Wildman–Crippen MR) is 76.2 cm³/mol. The van der Waals surface area contributed by atoms with Crippen molar-refractivity contribution in [3.8, 4) is 0 Å². The molecule has 2 aromatic rings. The Hall–Kier alpha value is -2.34. The van der Waals surface area contributed by atoms with Crippen molar-refractivity contribution in [2.24, 2.45) is 0 Å². The van der Waals surface area contributed by atoms with Crippen LogP contribution in [-0.2, 0) is 9.53 Å². The fraction of sp³-hybridized carbons (Fsp3) is 0.214. The Morgan fingerprint density at radius 1 is 1.33 bits per heavy atom. The number of hydrogen-bond acceptors (Lipinski definition) is 5. The standard InChI is InChI=1S/C14H13ClN2O4/c1-8-7-12(21-17-8)14(19)20-9(2)13(18)16-11-5-3-10(15)4-6-11/h3-7,9H,1-2H3,(H,16,18)/t9-/m0/s1. The second-order valence-corrected chi connectivity index (χ2v) is 4.81.